The Hall–Kier alpha value is -3.15. The minimum absolute atomic E-state index is 0.0558. The van der Waals surface area contributed by atoms with Crippen molar-refractivity contribution >= 4 is 17.3 Å². The second-order valence-electron chi connectivity index (χ2n) is 7.61. The molecule has 33 heavy (non-hydrogen) atoms. The Bertz CT molecular complexity index is 1050. The zero-order valence-electron chi connectivity index (χ0n) is 17.2. The lowest BCUT2D eigenvalue weighted by molar-refractivity contribution is -0.400. The highest BCUT2D eigenvalue weighted by molar-refractivity contribution is 6.05. The van der Waals surface area contributed by atoms with E-state index in [1.165, 1.54) is 42.5 Å². The summed E-state index contributed by atoms with van der Waals surface area (Å²) in [5, 5.41) is 13.8. The van der Waals surface area contributed by atoms with Gasteiger partial charge in [0, 0.05) is 31.8 Å². The van der Waals surface area contributed by atoms with Crippen LogP contribution < -0.4 is 4.90 Å². The van der Waals surface area contributed by atoms with Gasteiger partial charge >= 0.3 is 18.0 Å². The Morgan fingerprint density at radius 1 is 0.970 bits per heavy atom. The molecule has 2 aromatic carbocycles. The maximum atomic E-state index is 14.8. The van der Waals surface area contributed by atoms with E-state index in [1.807, 2.05) is 0 Å². The highest BCUT2D eigenvalue weighted by Gasteiger charge is 2.82. The van der Waals surface area contributed by atoms with Crippen molar-refractivity contribution in [2.24, 2.45) is 5.10 Å². The van der Waals surface area contributed by atoms with Crippen LogP contribution in [0, 0.1) is 0 Å². The molecule has 0 radical (unpaired) electrons. The number of carbonyl (C=O) groups excluding carboxylic acids is 1. The summed E-state index contributed by atoms with van der Waals surface area (Å²) in [6, 6.07) is 12.1. The number of hydrazone groups is 1. The summed E-state index contributed by atoms with van der Waals surface area (Å²) in [5.74, 6) is -14.3. The average Bonchev–Trinajstić information content (AvgIpc) is 3.12. The number of nitrogens with zero attached hydrogens (tertiary/aromatic N) is 3. The van der Waals surface area contributed by atoms with Crippen molar-refractivity contribution in [3.63, 3.8) is 0 Å². The fourth-order valence-electron chi connectivity index (χ4n) is 3.25. The number of aliphatic hydroxyl groups is 1. The first-order valence-corrected chi connectivity index (χ1v) is 9.43. The number of amides is 1. The van der Waals surface area contributed by atoms with Gasteiger partial charge in [0.05, 0.1) is 5.71 Å². The summed E-state index contributed by atoms with van der Waals surface area (Å²) < 4.78 is 95.9. The highest BCUT2D eigenvalue weighted by atomic mass is 19.4. The maximum Gasteiger partial charge on any atom is 0.460 e. The lowest BCUT2D eigenvalue weighted by Gasteiger charge is -2.41. The Morgan fingerprint density at radius 3 is 2.00 bits per heavy atom. The van der Waals surface area contributed by atoms with Crippen LogP contribution >= 0.6 is 0 Å². The molecule has 1 amide bonds. The molecule has 3 rings (SSSR count). The Kier molecular flexibility index (Phi) is 5.95. The van der Waals surface area contributed by atoms with Gasteiger partial charge in [0.2, 0.25) is 5.72 Å². The monoisotopic (exact) mass is 477 g/mol. The zero-order chi connectivity index (χ0) is 24.8. The number of hydrogen-bond donors (Lipinski definition) is 1. The number of carbonyl (C=O) groups is 1. The Morgan fingerprint density at radius 2 is 1.52 bits per heavy atom. The fourth-order valence-corrected chi connectivity index (χ4v) is 3.25. The molecular formula is C21H18F7N3O2. The highest BCUT2D eigenvalue weighted by Crippen LogP contribution is 2.54. The smallest absolute Gasteiger partial charge is 0.378 e. The topological polar surface area (TPSA) is 56.1 Å². The summed E-state index contributed by atoms with van der Waals surface area (Å²) in [7, 11) is 3.35. The molecule has 1 atom stereocenters. The second kappa shape index (κ2) is 8.01. The van der Waals surface area contributed by atoms with Crippen molar-refractivity contribution in [3.8, 4) is 0 Å². The van der Waals surface area contributed by atoms with Gasteiger partial charge in [-0.2, -0.15) is 40.8 Å². The molecule has 2 aromatic rings. The first kappa shape index (κ1) is 24.5. The van der Waals surface area contributed by atoms with Crippen molar-refractivity contribution in [1.82, 2.24) is 5.01 Å². The van der Waals surface area contributed by atoms with Gasteiger partial charge in [-0.1, -0.05) is 30.3 Å². The third kappa shape index (κ3) is 3.92. The predicted molar refractivity (Wildman–Crippen MR) is 105 cm³/mol. The molecule has 0 fully saturated rings. The molecule has 0 spiro atoms. The van der Waals surface area contributed by atoms with Crippen molar-refractivity contribution < 1.29 is 40.6 Å². The van der Waals surface area contributed by atoms with E-state index in [2.05, 4.69) is 5.10 Å². The van der Waals surface area contributed by atoms with E-state index in [0.29, 0.717) is 5.69 Å². The standard InChI is InChI=1S/C21H18F7N3O2/c1-30(2)15-10-8-14(9-11-15)17(32)31-18(33,19(22,23)20(24,25)21(26,27)28)12-16(29-31)13-6-4-3-5-7-13/h3-11,33H,12H2,1-2H3/t18-/m0/s1. The number of anilines is 1. The second-order valence-corrected chi connectivity index (χ2v) is 7.61. The minimum Gasteiger partial charge on any atom is -0.378 e. The SMILES string of the molecule is CN(C)c1ccc(C(=O)N2N=C(c3ccccc3)C[C@]2(O)C(F)(F)C(F)(F)C(F)(F)F)cc1. The van der Waals surface area contributed by atoms with E-state index in [0.717, 1.165) is 12.1 Å². The first-order valence-electron chi connectivity index (χ1n) is 9.43. The normalized spacial score (nSPS) is 19.5. The molecule has 0 bridgehead atoms. The molecule has 178 valence electrons. The van der Waals surface area contributed by atoms with Crippen LogP contribution in [0.4, 0.5) is 36.4 Å². The molecule has 5 nitrogen and oxygen atoms in total. The van der Waals surface area contributed by atoms with Crippen molar-refractivity contribution in [2.45, 2.75) is 30.2 Å². The first-order chi connectivity index (χ1) is 15.1. The molecule has 0 saturated carbocycles. The fraction of sp³-hybridized carbons (Fsp3) is 0.333. The maximum absolute atomic E-state index is 14.8. The Labute approximate surface area is 183 Å². The molecular weight excluding hydrogens is 459 g/mol. The number of halogens is 7. The molecule has 1 N–H and O–H groups in total. The molecule has 12 heteroatoms. The van der Waals surface area contributed by atoms with Crippen molar-refractivity contribution in [2.75, 3.05) is 19.0 Å². The summed E-state index contributed by atoms with van der Waals surface area (Å²) in [6.45, 7) is 0. The molecule has 0 aliphatic carbocycles. The summed E-state index contributed by atoms with van der Waals surface area (Å²) in [6.07, 6.45) is -8.17. The lowest BCUT2D eigenvalue weighted by Crippen LogP contribution is -2.69. The molecule has 0 aromatic heterocycles. The van der Waals surface area contributed by atoms with Gasteiger partial charge in [-0.25, -0.2) is 0 Å². The molecule has 0 unspecified atom stereocenters. The summed E-state index contributed by atoms with van der Waals surface area (Å²) in [4.78, 5) is 14.6. The van der Waals surface area contributed by atoms with Crippen molar-refractivity contribution in [3.05, 3.63) is 65.7 Å². The zero-order valence-corrected chi connectivity index (χ0v) is 17.2. The third-order valence-electron chi connectivity index (χ3n) is 5.17. The Balaban J connectivity index is 2.12. The van der Waals surface area contributed by atoms with Crippen LogP contribution in [0.15, 0.2) is 59.7 Å². The van der Waals surface area contributed by atoms with E-state index in [4.69, 9.17) is 0 Å². The summed E-state index contributed by atoms with van der Waals surface area (Å²) in [5.41, 5.74) is -4.47. The van der Waals surface area contributed by atoms with Gasteiger partial charge < -0.3 is 10.0 Å². The van der Waals surface area contributed by atoms with Gasteiger partial charge in [0.1, 0.15) is 0 Å². The van der Waals surface area contributed by atoms with E-state index >= 15 is 0 Å². The van der Waals surface area contributed by atoms with Crippen LogP contribution in [0.3, 0.4) is 0 Å². The van der Waals surface area contributed by atoms with Crippen LogP contribution in [0.5, 0.6) is 0 Å². The lowest BCUT2D eigenvalue weighted by atomic mass is 9.91. The van der Waals surface area contributed by atoms with Crippen molar-refractivity contribution in [1.29, 1.82) is 0 Å². The number of rotatable bonds is 5. The van der Waals surface area contributed by atoms with E-state index in [-0.39, 0.29) is 16.1 Å². The van der Waals surface area contributed by atoms with Gasteiger partial charge in [0.25, 0.3) is 5.91 Å². The van der Waals surface area contributed by atoms with E-state index < -0.39 is 41.8 Å². The number of hydrogen-bond acceptors (Lipinski definition) is 4. The molecule has 1 aliphatic heterocycles. The van der Waals surface area contributed by atoms with Crippen LogP contribution in [-0.4, -0.2) is 59.6 Å². The van der Waals surface area contributed by atoms with Crippen LogP contribution in [0.25, 0.3) is 0 Å². The summed E-state index contributed by atoms with van der Waals surface area (Å²) >= 11 is 0. The largest absolute Gasteiger partial charge is 0.460 e. The van der Waals surface area contributed by atoms with Crippen LogP contribution in [0.1, 0.15) is 22.3 Å². The average molecular weight is 477 g/mol. The quantitative estimate of drug-likeness (QED) is 0.645. The third-order valence-corrected chi connectivity index (χ3v) is 5.17. The molecule has 1 aliphatic rings. The predicted octanol–water partition coefficient (Wildman–Crippen LogP) is 4.52. The van der Waals surface area contributed by atoms with Gasteiger partial charge in [-0.15, -0.1) is 0 Å². The van der Waals surface area contributed by atoms with Crippen LogP contribution in [-0.2, 0) is 0 Å². The van der Waals surface area contributed by atoms with Gasteiger partial charge in [-0.05, 0) is 29.8 Å². The van der Waals surface area contributed by atoms with Crippen LogP contribution in [0.2, 0.25) is 0 Å². The van der Waals surface area contributed by atoms with E-state index in [1.54, 1.807) is 19.0 Å². The van der Waals surface area contributed by atoms with E-state index in [9.17, 15) is 40.6 Å². The number of benzene rings is 2. The molecule has 0 saturated heterocycles. The molecule has 1 heterocycles. The van der Waals surface area contributed by atoms with Gasteiger partial charge in [-0.3, -0.25) is 4.79 Å². The van der Waals surface area contributed by atoms with Gasteiger partial charge in [0.15, 0.2) is 0 Å². The minimum atomic E-state index is -6.70. The number of alkyl halides is 7.